The highest BCUT2D eigenvalue weighted by atomic mass is 19.1. The van der Waals surface area contributed by atoms with Gasteiger partial charge in [-0.15, -0.1) is 0 Å². The highest BCUT2D eigenvalue weighted by molar-refractivity contribution is 5.47. The van der Waals surface area contributed by atoms with Crippen LogP contribution in [0.15, 0.2) is 24.3 Å². The summed E-state index contributed by atoms with van der Waals surface area (Å²) in [5.41, 5.74) is 2.50. The van der Waals surface area contributed by atoms with Crippen molar-refractivity contribution in [1.82, 2.24) is 0 Å². The molecule has 0 aliphatic carbocycles. The van der Waals surface area contributed by atoms with Gasteiger partial charge in [0.1, 0.15) is 6.17 Å². The number of hydrogen-bond donors (Lipinski definition) is 0. The molecule has 76 valence electrons. The van der Waals surface area contributed by atoms with E-state index in [-0.39, 0.29) is 0 Å². The van der Waals surface area contributed by atoms with Crippen molar-refractivity contribution in [2.24, 2.45) is 0 Å². The lowest BCUT2D eigenvalue weighted by Crippen LogP contribution is -2.34. The largest absolute Gasteiger partial charge is 0.371 e. The van der Waals surface area contributed by atoms with Crippen molar-refractivity contribution in [3.8, 4) is 0 Å². The van der Waals surface area contributed by atoms with Crippen molar-refractivity contribution < 1.29 is 4.39 Å². The summed E-state index contributed by atoms with van der Waals surface area (Å²) in [6, 6.07) is 8.45. The maximum absolute atomic E-state index is 12.9. The van der Waals surface area contributed by atoms with Gasteiger partial charge in [0.25, 0.3) is 0 Å². The average Bonchev–Trinajstić information content (AvgIpc) is 2.21. The molecule has 1 aliphatic rings. The molecule has 1 heterocycles. The van der Waals surface area contributed by atoms with E-state index in [2.05, 4.69) is 36.1 Å². The number of alkyl halides is 1. The number of aryl methyl sites for hydroxylation is 1. The lowest BCUT2D eigenvalue weighted by atomic mass is 10.1. The Bertz CT molecular complexity index is 286. The molecule has 1 fully saturated rings. The number of rotatable bonds is 1. The summed E-state index contributed by atoms with van der Waals surface area (Å²) < 4.78 is 12.9. The van der Waals surface area contributed by atoms with Crippen LogP contribution in [0.25, 0.3) is 0 Å². The van der Waals surface area contributed by atoms with Gasteiger partial charge < -0.3 is 4.90 Å². The maximum atomic E-state index is 12.9. The van der Waals surface area contributed by atoms with Crippen LogP contribution in [0.3, 0.4) is 0 Å². The average molecular weight is 193 g/mol. The Balaban J connectivity index is 2.05. The summed E-state index contributed by atoms with van der Waals surface area (Å²) in [6.07, 6.45) is 0.763. The Kier molecular flexibility index (Phi) is 2.71. The minimum Gasteiger partial charge on any atom is -0.371 e. The van der Waals surface area contributed by atoms with E-state index in [4.69, 9.17) is 0 Å². The number of nitrogens with zero attached hydrogens (tertiary/aromatic N) is 1. The molecule has 1 aromatic carbocycles. The molecular formula is C12H16FN. The van der Waals surface area contributed by atoms with E-state index in [0.29, 0.717) is 12.8 Å². The summed E-state index contributed by atoms with van der Waals surface area (Å²) in [5, 5.41) is 0. The zero-order valence-corrected chi connectivity index (χ0v) is 8.54. The van der Waals surface area contributed by atoms with E-state index >= 15 is 0 Å². The fourth-order valence-corrected chi connectivity index (χ4v) is 1.86. The molecule has 0 spiro atoms. The van der Waals surface area contributed by atoms with Gasteiger partial charge in [-0.2, -0.15) is 0 Å². The molecule has 0 unspecified atom stereocenters. The van der Waals surface area contributed by atoms with Crippen molar-refractivity contribution in [2.45, 2.75) is 25.9 Å². The van der Waals surface area contributed by atoms with E-state index in [9.17, 15) is 4.39 Å². The van der Waals surface area contributed by atoms with E-state index in [0.717, 1.165) is 13.1 Å². The van der Waals surface area contributed by atoms with Gasteiger partial charge in [-0.25, -0.2) is 4.39 Å². The predicted octanol–water partition coefficient (Wildman–Crippen LogP) is 2.93. The first-order valence-electron chi connectivity index (χ1n) is 5.21. The minimum atomic E-state index is -0.586. The van der Waals surface area contributed by atoms with Crippen LogP contribution in [0.5, 0.6) is 0 Å². The number of hydrogen-bond acceptors (Lipinski definition) is 1. The van der Waals surface area contributed by atoms with Gasteiger partial charge in [-0.05, 0) is 31.9 Å². The lowest BCUT2D eigenvalue weighted by Gasteiger charge is -2.30. The van der Waals surface area contributed by atoms with Crippen molar-refractivity contribution >= 4 is 5.69 Å². The second-order valence-electron chi connectivity index (χ2n) is 4.00. The molecule has 0 atom stereocenters. The van der Waals surface area contributed by atoms with E-state index in [1.165, 1.54) is 11.3 Å². The summed E-state index contributed by atoms with van der Waals surface area (Å²) in [4.78, 5) is 2.26. The summed E-state index contributed by atoms with van der Waals surface area (Å²) in [6.45, 7) is 3.78. The van der Waals surface area contributed by atoms with Crippen molar-refractivity contribution in [1.29, 1.82) is 0 Å². The molecule has 1 aliphatic heterocycles. The predicted molar refractivity (Wildman–Crippen MR) is 57.5 cm³/mol. The third-order valence-corrected chi connectivity index (χ3v) is 2.82. The second kappa shape index (κ2) is 3.99. The molecule has 1 nitrogen and oxygen atoms in total. The molecule has 0 aromatic heterocycles. The highest BCUT2D eigenvalue weighted by Gasteiger charge is 2.17. The van der Waals surface area contributed by atoms with Crippen LogP contribution >= 0.6 is 0 Å². The van der Waals surface area contributed by atoms with E-state index < -0.39 is 6.17 Å². The maximum Gasteiger partial charge on any atom is 0.103 e. The Hall–Kier alpha value is -1.05. The lowest BCUT2D eigenvalue weighted by molar-refractivity contribution is 0.277. The van der Waals surface area contributed by atoms with Gasteiger partial charge in [0.15, 0.2) is 0 Å². The second-order valence-corrected chi connectivity index (χ2v) is 4.00. The van der Waals surface area contributed by atoms with E-state index in [1.807, 2.05) is 0 Å². The van der Waals surface area contributed by atoms with Gasteiger partial charge in [-0.1, -0.05) is 17.7 Å². The van der Waals surface area contributed by atoms with Gasteiger partial charge >= 0.3 is 0 Å². The topological polar surface area (TPSA) is 3.24 Å². The van der Waals surface area contributed by atoms with Crippen LogP contribution in [0, 0.1) is 6.92 Å². The van der Waals surface area contributed by atoms with Crippen LogP contribution in [-0.2, 0) is 0 Å². The Labute approximate surface area is 84.5 Å². The SMILES string of the molecule is Cc1ccc(N2CCC(F)CC2)cc1. The van der Waals surface area contributed by atoms with Crippen molar-refractivity contribution in [2.75, 3.05) is 18.0 Å². The first kappa shape index (κ1) is 9.50. The van der Waals surface area contributed by atoms with Gasteiger partial charge in [0.05, 0.1) is 0 Å². The zero-order valence-electron chi connectivity index (χ0n) is 8.54. The minimum absolute atomic E-state index is 0.586. The van der Waals surface area contributed by atoms with Crippen LogP contribution < -0.4 is 4.90 Å². The van der Waals surface area contributed by atoms with Crippen LogP contribution in [0.1, 0.15) is 18.4 Å². The Morgan fingerprint density at radius 1 is 1.14 bits per heavy atom. The molecule has 0 amide bonds. The number of benzene rings is 1. The molecular weight excluding hydrogens is 177 g/mol. The number of halogens is 1. The standard InChI is InChI=1S/C12H16FN/c1-10-2-4-12(5-3-10)14-8-6-11(13)7-9-14/h2-5,11H,6-9H2,1H3. The quantitative estimate of drug-likeness (QED) is 0.663. The molecule has 1 aromatic rings. The Morgan fingerprint density at radius 2 is 1.71 bits per heavy atom. The smallest absolute Gasteiger partial charge is 0.103 e. The first-order valence-corrected chi connectivity index (χ1v) is 5.21. The van der Waals surface area contributed by atoms with Crippen LogP contribution in [-0.4, -0.2) is 19.3 Å². The first-order chi connectivity index (χ1) is 6.75. The van der Waals surface area contributed by atoms with Gasteiger partial charge in [0.2, 0.25) is 0 Å². The van der Waals surface area contributed by atoms with Crippen molar-refractivity contribution in [3.63, 3.8) is 0 Å². The van der Waals surface area contributed by atoms with Crippen LogP contribution in [0.2, 0.25) is 0 Å². The third kappa shape index (κ3) is 2.06. The van der Waals surface area contributed by atoms with E-state index in [1.54, 1.807) is 0 Å². The van der Waals surface area contributed by atoms with Crippen LogP contribution in [0.4, 0.5) is 10.1 Å². The molecule has 0 N–H and O–H groups in total. The Morgan fingerprint density at radius 3 is 2.29 bits per heavy atom. The molecule has 0 radical (unpaired) electrons. The number of piperidine rings is 1. The zero-order chi connectivity index (χ0) is 9.97. The molecule has 0 bridgehead atoms. The normalized spacial score (nSPS) is 18.6. The van der Waals surface area contributed by atoms with Crippen molar-refractivity contribution in [3.05, 3.63) is 29.8 Å². The molecule has 0 saturated carbocycles. The molecule has 2 rings (SSSR count). The van der Waals surface area contributed by atoms with Gasteiger partial charge in [0, 0.05) is 18.8 Å². The molecule has 1 saturated heterocycles. The van der Waals surface area contributed by atoms with Gasteiger partial charge in [-0.3, -0.25) is 0 Å². The molecule has 14 heavy (non-hydrogen) atoms. The highest BCUT2D eigenvalue weighted by Crippen LogP contribution is 2.21. The molecule has 2 heteroatoms. The summed E-state index contributed by atoms with van der Waals surface area (Å²) in [5.74, 6) is 0. The third-order valence-electron chi connectivity index (χ3n) is 2.82. The fraction of sp³-hybridized carbons (Fsp3) is 0.500. The number of anilines is 1. The fourth-order valence-electron chi connectivity index (χ4n) is 1.86. The summed E-state index contributed by atoms with van der Waals surface area (Å²) in [7, 11) is 0. The summed E-state index contributed by atoms with van der Waals surface area (Å²) >= 11 is 0. The monoisotopic (exact) mass is 193 g/mol.